The second kappa shape index (κ2) is 6.05. The molecule has 1 unspecified atom stereocenters. The highest BCUT2D eigenvalue weighted by atomic mass is 16.6. The van der Waals surface area contributed by atoms with Crippen LogP contribution in [0.4, 0.5) is 11.4 Å². The first-order chi connectivity index (χ1) is 10.4. The van der Waals surface area contributed by atoms with Crippen molar-refractivity contribution in [3.63, 3.8) is 0 Å². The number of nitrogens with zero attached hydrogens (tertiary/aromatic N) is 4. The predicted octanol–water partition coefficient (Wildman–Crippen LogP) is 2.17. The number of aryl methyl sites for hydroxylation is 1. The molecule has 1 amide bonds. The number of anilines is 1. The van der Waals surface area contributed by atoms with Crippen LogP contribution in [0.1, 0.15) is 24.1 Å². The summed E-state index contributed by atoms with van der Waals surface area (Å²) in [5.74, 6) is -0.367. The number of nitrogens with one attached hydrogen (secondary N) is 1. The third-order valence-electron chi connectivity index (χ3n) is 3.10. The van der Waals surface area contributed by atoms with Gasteiger partial charge in [-0.15, -0.1) is 0 Å². The number of nitro benzene ring substituents is 1. The number of non-ortho nitro benzene ring substituents is 1. The number of hydrogen-bond acceptors (Lipinski definition) is 5. The van der Waals surface area contributed by atoms with E-state index in [1.165, 1.54) is 16.8 Å². The van der Waals surface area contributed by atoms with Gasteiger partial charge in [0.25, 0.3) is 5.69 Å². The second-order valence-electron chi connectivity index (χ2n) is 4.76. The monoisotopic (exact) mass is 299 g/mol. The molecular formula is C14H13N5O3. The minimum Gasteiger partial charge on any atom is -0.323 e. The Bertz CT molecular complexity index is 775. The zero-order valence-electron chi connectivity index (χ0n) is 12.0. The van der Waals surface area contributed by atoms with Crippen LogP contribution in [-0.2, 0) is 4.79 Å². The van der Waals surface area contributed by atoms with E-state index in [-0.39, 0.29) is 22.8 Å². The Morgan fingerprint density at radius 1 is 1.55 bits per heavy atom. The van der Waals surface area contributed by atoms with Crippen LogP contribution < -0.4 is 5.32 Å². The normalized spacial score (nSPS) is 11.5. The molecule has 8 nitrogen and oxygen atoms in total. The van der Waals surface area contributed by atoms with Crippen LogP contribution in [0.2, 0.25) is 0 Å². The lowest BCUT2D eigenvalue weighted by molar-refractivity contribution is -0.384. The maximum atomic E-state index is 12.2. The molecule has 1 aromatic heterocycles. The Hall–Kier alpha value is -3.21. The summed E-state index contributed by atoms with van der Waals surface area (Å²) in [4.78, 5) is 22.3. The molecule has 1 aromatic carbocycles. The molecule has 0 saturated heterocycles. The fourth-order valence-corrected chi connectivity index (χ4v) is 1.85. The standard InChI is InChI=1S/C14H13N5O3/c1-9-7-16-18(8-9)10(2)14(20)17-13-4-3-12(19(21)22)5-11(13)6-15/h3-5,7-8,10H,1-2H3,(H,17,20). The van der Waals surface area contributed by atoms with E-state index in [1.54, 1.807) is 19.3 Å². The molecular weight excluding hydrogens is 286 g/mol. The number of aromatic nitrogens is 2. The molecule has 1 atom stereocenters. The number of benzene rings is 1. The number of amides is 1. The first-order valence-corrected chi connectivity index (χ1v) is 6.42. The van der Waals surface area contributed by atoms with E-state index in [0.29, 0.717) is 0 Å². The minimum atomic E-state index is -0.596. The van der Waals surface area contributed by atoms with E-state index >= 15 is 0 Å². The molecule has 1 N–H and O–H groups in total. The van der Waals surface area contributed by atoms with Crippen molar-refractivity contribution in [2.24, 2.45) is 0 Å². The number of nitriles is 1. The van der Waals surface area contributed by atoms with E-state index < -0.39 is 11.0 Å². The Morgan fingerprint density at radius 3 is 2.82 bits per heavy atom. The summed E-state index contributed by atoms with van der Waals surface area (Å²) >= 11 is 0. The van der Waals surface area contributed by atoms with Gasteiger partial charge in [0, 0.05) is 18.3 Å². The van der Waals surface area contributed by atoms with Crippen LogP contribution in [-0.4, -0.2) is 20.6 Å². The van der Waals surface area contributed by atoms with E-state index in [0.717, 1.165) is 11.6 Å². The number of nitro groups is 1. The molecule has 8 heteroatoms. The molecule has 0 aliphatic carbocycles. The van der Waals surface area contributed by atoms with Crippen molar-refractivity contribution in [2.45, 2.75) is 19.9 Å². The lowest BCUT2D eigenvalue weighted by Crippen LogP contribution is -2.24. The van der Waals surface area contributed by atoms with Crippen molar-refractivity contribution in [3.05, 3.63) is 51.8 Å². The fourth-order valence-electron chi connectivity index (χ4n) is 1.85. The quantitative estimate of drug-likeness (QED) is 0.686. The first-order valence-electron chi connectivity index (χ1n) is 6.42. The highest BCUT2D eigenvalue weighted by Gasteiger charge is 2.18. The average Bonchev–Trinajstić information content (AvgIpc) is 2.93. The smallest absolute Gasteiger partial charge is 0.270 e. The summed E-state index contributed by atoms with van der Waals surface area (Å²) in [5.41, 5.74) is 0.984. The highest BCUT2D eigenvalue weighted by molar-refractivity contribution is 5.94. The fraction of sp³-hybridized carbons (Fsp3) is 0.214. The van der Waals surface area contributed by atoms with Gasteiger partial charge in [-0.25, -0.2) is 0 Å². The van der Waals surface area contributed by atoms with Gasteiger partial charge in [-0.1, -0.05) is 0 Å². The van der Waals surface area contributed by atoms with Gasteiger partial charge in [-0.2, -0.15) is 10.4 Å². The minimum absolute atomic E-state index is 0.0337. The third-order valence-corrected chi connectivity index (χ3v) is 3.10. The Morgan fingerprint density at radius 2 is 2.27 bits per heavy atom. The molecule has 0 aliphatic heterocycles. The van der Waals surface area contributed by atoms with E-state index in [2.05, 4.69) is 10.4 Å². The number of rotatable bonds is 4. The second-order valence-corrected chi connectivity index (χ2v) is 4.76. The zero-order chi connectivity index (χ0) is 16.3. The summed E-state index contributed by atoms with van der Waals surface area (Å²) in [6, 6.07) is 4.97. The summed E-state index contributed by atoms with van der Waals surface area (Å²) in [6.45, 7) is 3.53. The van der Waals surface area contributed by atoms with E-state index in [1.807, 2.05) is 13.0 Å². The molecule has 0 saturated carbocycles. The summed E-state index contributed by atoms with van der Waals surface area (Å²) in [6.07, 6.45) is 3.36. The predicted molar refractivity (Wildman–Crippen MR) is 78.1 cm³/mol. The van der Waals surface area contributed by atoms with Crippen molar-refractivity contribution in [1.82, 2.24) is 9.78 Å². The van der Waals surface area contributed by atoms with Gasteiger partial charge in [0.15, 0.2) is 0 Å². The van der Waals surface area contributed by atoms with Crippen molar-refractivity contribution in [2.75, 3.05) is 5.32 Å². The summed E-state index contributed by atoms with van der Waals surface area (Å²) < 4.78 is 1.50. The number of carbonyl (C=O) groups excluding carboxylic acids is 1. The van der Waals surface area contributed by atoms with E-state index in [9.17, 15) is 14.9 Å². The van der Waals surface area contributed by atoms with Gasteiger partial charge in [0.2, 0.25) is 5.91 Å². The highest BCUT2D eigenvalue weighted by Crippen LogP contribution is 2.22. The topological polar surface area (TPSA) is 114 Å². The molecule has 0 radical (unpaired) electrons. The summed E-state index contributed by atoms with van der Waals surface area (Å²) in [7, 11) is 0. The van der Waals surface area contributed by atoms with Crippen LogP contribution >= 0.6 is 0 Å². The van der Waals surface area contributed by atoms with Gasteiger partial charge < -0.3 is 5.32 Å². The molecule has 112 valence electrons. The van der Waals surface area contributed by atoms with Gasteiger partial charge in [0.1, 0.15) is 12.1 Å². The maximum absolute atomic E-state index is 12.2. The molecule has 0 spiro atoms. The van der Waals surface area contributed by atoms with Crippen molar-refractivity contribution in [3.8, 4) is 6.07 Å². The molecule has 0 bridgehead atoms. The molecule has 2 aromatic rings. The molecule has 0 aliphatic rings. The largest absolute Gasteiger partial charge is 0.323 e. The maximum Gasteiger partial charge on any atom is 0.270 e. The van der Waals surface area contributed by atoms with Gasteiger partial charge in [-0.3, -0.25) is 19.6 Å². The SMILES string of the molecule is Cc1cnn(C(C)C(=O)Nc2ccc([N+](=O)[O-])cc2C#N)c1. The van der Waals surface area contributed by atoms with Crippen LogP contribution in [0.15, 0.2) is 30.6 Å². The summed E-state index contributed by atoms with van der Waals surface area (Å²) in [5, 5.41) is 26.4. The molecule has 2 rings (SSSR count). The van der Waals surface area contributed by atoms with Gasteiger partial charge in [0.05, 0.1) is 22.4 Å². The number of hydrogen-bond donors (Lipinski definition) is 1. The van der Waals surface area contributed by atoms with Crippen LogP contribution in [0.5, 0.6) is 0 Å². The Balaban J connectivity index is 2.21. The molecule has 22 heavy (non-hydrogen) atoms. The van der Waals surface area contributed by atoms with Crippen molar-refractivity contribution in [1.29, 1.82) is 5.26 Å². The molecule has 1 heterocycles. The lowest BCUT2D eigenvalue weighted by atomic mass is 10.1. The number of carbonyl (C=O) groups is 1. The van der Waals surface area contributed by atoms with Crippen molar-refractivity contribution < 1.29 is 9.72 Å². The van der Waals surface area contributed by atoms with Crippen LogP contribution in [0, 0.1) is 28.4 Å². The average molecular weight is 299 g/mol. The Labute approximate surface area is 126 Å². The van der Waals surface area contributed by atoms with Crippen LogP contribution in [0.25, 0.3) is 0 Å². The van der Waals surface area contributed by atoms with Gasteiger partial charge >= 0.3 is 0 Å². The van der Waals surface area contributed by atoms with Crippen molar-refractivity contribution >= 4 is 17.3 Å². The zero-order valence-corrected chi connectivity index (χ0v) is 12.0. The first kappa shape index (κ1) is 15.2. The lowest BCUT2D eigenvalue weighted by Gasteiger charge is -2.13. The molecule has 0 fully saturated rings. The third kappa shape index (κ3) is 3.09. The van der Waals surface area contributed by atoms with Crippen LogP contribution in [0.3, 0.4) is 0 Å². The Kier molecular flexibility index (Phi) is 4.18. The van der Waals surface area contributed by atoms with Gasteiger partial charge in [-0.05, 0) is 25.5 Å². The van der Waals surface area contributed by atoms with E-state index in [4.69, 9.17) is 5.26 Å².